The van der Waals surface area contributed by atoms with Crippen molar-refractivity contribution < 1.29 is 9.13 Å². The van der Waals surface area contributed by atoms with Gasteiger partial charge in [-0.1, -0.05) is 0 Å². The average Bonchev–Trinajstić information content (AvgIpc) is 2.47. The molecule has 5 heteroatoms. The second-order valence-corrected chi connectivity index (χ2v) is 5.72. The molecule has 0 aliphatic carbocycles. The molecule has 1 aliphatic heterocycles. The van der Waals surface area contributed by atoms with Crippen molar-refractivity contribution in [3.05, 3.63) is 40.1 Å². The number of fused-ring (bicyclic) bond motifs is 1. The van der Waals surface area contributed by atoms with Gasteiger partial charge in [-0.25, -0.2) is 4.39 Å². The Labute approximate surface area is 122 Å². The molecule has 1 saturated heterocycles. The van der Waals surface area contributed by atoms with Gasteiger partial charge in [0.2, 0.25) is 0 Å². The van der Waals surface area contributed by atoms with Gasteiger partial charge in [0, 0.05) is 24.7 Å². The summed E-state index contributed by atoms with van der Waals surface area (Å²) in [4.78, 5) is 16.6. The SMILES string of the molecule is Cc1c[nH]c(=O)c2ccc(OC3CCN(C)CC3)c(F)c12. The summed E-state index contributed by atoms with van der Waals surface area (Å²) < 4.78 is 20.5. The second kappa shape index (κ2) is 5.48. The van der Waals surface area contributed by atoms with Gasteiger partial charge in [-0.3, -0.25) is 4.79 Å². The summed E-state index contributed by atoms with van der Waals surface area (Å²) in [5.41, 5.74) is 0.427. The van der Waals surface area contributed by atoms with E-state index in [1.165, 1.54) is 6.20 Å². The minimum absolute atomic E-state index is 0.0375. The van der Waals surface area contributed by atoms with E-state index in [0.717, 1.165) is 25.9 Å². The van der Waals surface area contributed by atoms with E-state index in [1.807, 2.05) is 0 Å². The van der Waals surface area contributed by atoms with E-state index in [-0.39, 0.29) is 17.4 Å². The maximum atomic E-state index is 14.7. The van der Waals surface area contributed by atoms with Gasteiger partial charge in [0.05, 0.1) is 5.39 Å². The Hall–Kier alpha value is -1.88. The highest BCUT2D eigenvalue weighted by atomic mass is 19.1. The topological polar surface area (TPSA) is 45.3 Å². The van der Waals surface area contributed by atoms with Crippen molar-refractivity contribution in [2.75, 3.05) is 20.1 Å². The molecule has 0 bridgehead atoms. The van der Waals surface area contributed by atoms with Crippen molar-refractivity contribution in [3.63, 3.8) is 0 Å². The molecular weight excluding hydrogens is 271 g/mol. The number of hydrogen-bond acceptors (Lipinski definition) is 3. The fourth-order valence-electron chi connectivity index (χ4n) is 2.83. The normalized spacial score (nSPS) is 17.3. The van der Waals surface area contributed by atoms with Crippen LogP contribution in [0.4, 0.5) is 4.39 Å². The van der Waals surface area contributed by atoms with Crippen LogP contribution in [0.25, 0.3) is 10.8 Å². The monoisotopic (exact) mass is 290 g/mol. The lowest BCUT2D eigenvalue weighted by molar-refractivity contribution is 0.110. The number of likely N-dealkylation sites (tertiary alicyclic amines) is 1. The van der Waals surface area contributed by atoms with Crippen LogP contribution in [0.1, 0.15) is 18.4 Å². The summed E-state index contributed by atoms with van der Waals surface area (Å²) in [6.45, 7) is 3.69. The number of ether oxygens (including phenoxy) is 1. The van der Waals surface area contributed by atoms with Gasteiger partial charge >= 0.3 is 0 Å². The average molecular weight is 290 g/mol. The minimum Gasteiger partial charge on any atom is -0.487 e. The van der Waals surface area contributed by atoms with E-state index < -0.39 is 5.82 Å². The largest absolute Gasteiger partial charge is 0.487 e. The third-order valence-corrected chi connectivity index (χ3v) is 4.12. The lowest BCUT2D eigenvalue weighted by atomic mass is 10.1. The predicted octanol–water partition coefficient (Wildman–Crippen LogP) is 2.45. The molecule has 1 aromatic heterocycles. The number of H-pyrrole nitrogens is 1. The van der Waals surface area contributed by atoms with Crippen molar-refractivity contribution in [2.24, 2.45) is 0 Å². The van der Waals surface area contributed by atoms with E-state index in [0.29, 0.717) is 16.3 Å². The van der Waals surface area contributed by atoms with Gasteiger partial charge in [0.25, 0.3) is 5.56 Å². The van der Waals surface area contributed by atoms with Gasteiger partial charge < -0.3 is 14.6 Å². The van der Waals surface area contributed by atoms with Gasteiger partial charge in [-0.2, -0.15) is 0 Å². The molecule has 0 amide bonds. The highest BCUT2D eigenvalue weighted by Gasteiger charge is 2.20. The van der Waals surface area contributed by atoms with Crippen molar-refractivity contribution in [1.29, 1.82) is 0 Å². The van der Waals surface area contributed by atoms with Crippen LogP contribution in [0.5, 0.6) is 5.75 Å². The van der Waals surface area contributed by atoms with Crippen LogP contribution in [-0.4, -0.2) is 36.1 Å². The van der Waals surface area contributed by atoms with Crippen molar-refractivity contribution in [3.8, 4) is 5.75 Å². The van der Waals surface area contributed by atoms with E-state index in [2.05, 4.69) is 16.9 Å². The van der Waals surface area contributed by atoms with Gasteiger partial charge in [-0.15, -0.1) is 0 Å². The fraction of sp³-hybridized carbons (Fsp3) is 0.438. The zero-order valence-corrected chi connectivity index (χ0v) is 12.3. The van der Waals surface area contributed by atoms with Crippen LogP contribution in [0, 0.1) is 12.7 Å². The number of halogens is 1. The molecule has 1 fully saturated rings. The zero-order chi connectivity index (χ0) is 15.0. The number of nitrogens with one attached hydrogen (secondary N) is 1. The summed E-state index contributed by atoms with van der Waals surface area (Å²) in [6, 6.07) is 3.19. The second-order valence-electron chi connectivity index (χ2n) is 5.72. The first kappa shape index (κ1) is 14.1. The predicted molar refractivity (Wildman–Crippen MR) is 80.4 cm³/mol. The number of aryl methyl sites for hydroxylation is 1. The Morgan fingerprint density at radius 2 is 2.05 bits per heavy atom. The zero-order valence-electron chi connectivity index (χ0n) is 12.3. The van der Waals surface area contributed by atoms with Crippen LogP contribution in [-0.2, 0) is 0 Å². The lowest BCUT2D eigenvalue weighted by Crippen LogP contribution is -2.35. The molecule has 3 rings (SSSR count). The molecule has 1 aliphatic rings. The van der Waals surface area contributed by atoms with Crippen LogP contribution in [0.3, 0.4) is 0 Å². The third kappa shape index (κ3) is 2.65. The molecule has 2 heterocycles. The van der Waals surface area contributed by atoms with Crippen molar-refractivity contribution in [1.82, 2.24) is 9.88 Å². The minimum atomic E-state index is -0.435. The number of rotatable bonds is 2. The third-order valence-electron chi connectivity index (χ3n) is 4.12. The van der Waals surface area contributed by atoms with E-state index >= 15 is 0 Å². The highest BCUT2D eigenvalue weighted by molar-refractivity contribution is 5.86. The molecule has 1 aromatic carbocycles. The van der Waals surface area contributed by atoms with E-state index in [9.17, 15) is 9.18 Å². The van der Waals surface area contributed by atoms with Crippen molar-refractivity contribution in [2.45, 2.75) is 25.9 Å². The number of aromatic amines is 1. The smallest absolute Gasteiger partial charge is 0.255 e. The Morgan fingerprint density at radius 3 is 2.76 bits per heavy atom. The molecule has 0 atom stereocenters. The number of piperidine rings is 1. The molecule has 0 unspecified atom stereocenters. The molecule has 0 saturated carbocycles. The first-order chi connectivity index (χ1) is 10.1. The molecule has 21 heavy (non-hydrogen) atoms. The highest BCUT2D eigenvalue weighted by Crippen LogP contribution is 2.28. The molecule has 2 aromatic rings. The molecule has 112 valence electrons. The quantitative estimate of drug-likeness (QED) is 0.924. The van der Waals surface area contributed by atoms with Gasteiger partial charge in [0.1, 0.15) is 6.10 Å². The van der Waals surface area contributed by atoms with E-state index in [1.54, 1.807) is 19.1 Å². The summed E-state index contributed by atoms with van der Waals surface area (Å²) in [7, 11) is 2.07. The number of benzene rings is 1. The lowest BCUT2D eigenvalue weighted by Gasteiger charge is -2.29. The van der Waals surface area contributed by atoms with Crippen molar-refractivity contribution >= 4 is 10.8 Å². The Kier molecular flexibility index (Phi) is 3.68. The van der Waals surface area contributed by atoms with Gasteiger partial charge in [0.15, 0.2) is 11.6 Å². The number of aromatic nitrogens is 1. The molecule has 4 nitrogen and oxygen atoms in total. The van der Waals surface area contributed by atoms with Crippen LogP contribution < -0.4 is 10.3 Å². The standard InChI is InChI=1S/C16H19FN2O2/c1-10-9-18-16(20)12-3-4-13(15(17)14(10)12)21-11-5-7-19(2)8-6-11/h3-4,9,11H,5-8H2,1-2H3,(H,18,20). The van der Waals surface area contributed by atoms with Gasteiger partial charge in [-0.05, 0) is 44.5 Å². The summed E-state index contributed by atoms with van der Waals surface area (Å²) in [6.07, 6.45) is 3.35. The Morgan fingerprint density at radius 1 is 1.33 bits per heavy atom. The summed E-state index contributed by atoms with van der Waals surface area (Å²) in [5.74, 6) is -0.194. The Balaban J connectivity index is 1.95. The van der Waals surface area contributed by atoms with E-state index in [4.69, 9.17) is 4.74 Å². The molecule has 1 N–H and O–H groups in total. The van der Waals surface area contributed by atoms with Crippen LogP contribution >= 0.6 is 0 Å². The molecule has 0 spiro atoms. The summed E-state index contributed by atoms with van der Waals surface area (Å²) >= 11 is 0. The number of nitrogens with zero attached hydrogens (tertiary/aromatic N) is 1. The first-order valence-electron chi connectivity index (χ1n) is 7.22. The van der Waals surface area contributed by atoms with Crippen LogP contribution in [0.15, 0.2) is 23.1 Å². The molecular formula is C16H19FN2O2. The summed E-state index contributed by atoms with van der Waals surface area (Å²) in [5, 5.41) is 0.715. The maximum absolute atomic E-state index is 14.7. The maximum Gasteiger partial charge on any atom is 0.255 e. The Bertz CT molecular complexity index is 718. The fourth-order valence-corrected chi connectivity index (χ4v) is 2.83. The molecule has 0 radical (unpaired) electrons. The first-order valence-corrected chi connectivity index (χ1v) is 7.22. The van der Waals surface area contributed by atoms with Crippen LogP contribution in [0.2, 0.25) is 0 Å². The number of hydrogen-bond donors (Lipinski definition) is 1. The number of pyridine rings is 1.